The van der Waals surface area contributed by atoms with Crippen LogP contribution in [0.4, 0.5) is 4.39 Å². The molecule has 0 saturated carbocycles. The maximum absolute atomic E-state index is 14.7. The molecule has 1 aromatic carbocycles. The summed E-state index contributed by atoms with van der Waals surface area (Å²) in [5, 5.41) is 22.0. The second-order valence-electron chi connectivity index (χ2n) is 8.48. The quantitative estimate of drug-likeness (QED) is 0.422. The summed E-state index contributed by atoms with van der Waals surface area (Å²) in [5.41, 5.74) is 4.30. The van der Waals surface area contributed by atoms with Crippen LogP contribution in [0.15, 0.2) is 16.9 Å². The molecule has 2 aliphatic heterocycles. The maximum atomic E-state index is 14.7. The highest BCUT2D eigenvalue weighted by Gasteiger charge is 2.36. The third-order valence-corrected chi connectivity index (χ3v) is 6.85. The zero-order valence-corrected chi connectivity index (χ0v) is 16.7. The lowest BCUT2D eigenvalue weighted by atomic mass is 9.92. The molecule has 0 radical (unpaired) electrons. The number of rotatable bonds is 0. The number of pyridine rings is 2. The van der Waals surface area contributed by atoms with Gasteiger partial charge in [0.25, 0.3) is 5.56 Å². The Bertz CT molecular complexity index is 1390. The lowest BCUT2D eigenvalue weighted by Crippen LogP contribution is -2.32. The first-order chi connectivity index (χ1) is 14.9. The third-order valence-electron chi connectivity index (χ3n) is 6.85. The summed E-state index contributed by atoms with van der Waals surface area (Å²) < 4.78 is 21.1. The molecule has 4 heterocycles. The van der Waals surface area contributed by atoms with Gasteiger partial charge < -0.3 is 19.5 Å². The van der Waals surface area contributed by atoms with Gasteiger partial charge in [-0.2, -0.15) is 0 Å². The fourth-order valence-corrected chi connectivity index (χ4v) is 5.27. The number of aliphatic hydroxyl groups is 2. The van der Waals surface area contributed by atoms with Crippen molar-refractivity contribution in [1.82, 2.24) is 9.55 Å². The highest BCUT2D eigenvalue weighted by molar-refractivity contribution is 5.92. The van der Waals surface area contributed by atoms with E-state index in [0.29, 0.717) is 40.9 Å². The van der Waals surface area contributed by atoms with Gasteiger partial charge in [0.05, 0.1) is 35.1 Å². The number of aromatic nitrogens is 2. The predicted molar refractivity (Wildman–Crippen MR) is 108 cm³/mol. The summed E-state index contributed by atoms with van der Waals surface area (Å²) in [4.78, 5) is 29.7. The summed E-state index contributed by atoms with van der Waals surface area (Å²) in [6, 6.07) is 2.97. The molecule has 6 rings (SSSR count). The Kier molecular flexibility index (Phi) is 3.74. The van der Waals surface area contributed by atoms with Crippen molar-refractivity contribution >= 4 is 16.9 Å². The van der Waals surface area contributed by atoms with Crippen LogP contribution in [0, 0.1) is 12.7 Å². The van der Waals surface area contributed by atoms with Crippen LogP contribution in [0.5, 0.6) is 0 Å². The first-order valence-electron chi connectivity index (χ1n) is 10.3. The highest BCUT2D eigenvalue weighted by atomic mass is 19.1. The molecular formula is C23H19FN2O5. The molecule has 0 fully saturated rings. The fourth-order valence-electron chi connectivity index (χ4n) is 5.27. The summed E-state index contributed by atoms with van der Waals surface area (Å²) in [5.74, 6) is -1.15. The first-order valence-corrected chi connectivity index (χ1v) is 10.3. The standard InChI is InChI=1S/C23H19FN2O5/c1-9-10-3-2-4-17(27)19-12-7-26-16(20(12)25-15(18(10)19)6-14(9)24)5-11-13(22(26)29)8-31-23(30)21(11)28/h5-6,17,21,27-28H,2-4,7-8H2,1H3. The van der Waals surface area contributed by atoms with E-state index in [0.717, 1.165) is 22.9 Å². The summed E-state index contributed by atoms with van der Waals surface area (Å²) in [7, 11) is 0. The van der Waals surface area contributed by atoms with Gasteiger partial charge in [0.2, 0.25) is 0 Å². The number of benzene rings is 1. The van der Waals surface area contributed by atoms with Gasteiger partial charge in [-0.1, -0.05) is 0 Å². The van der Waals surface area contributed by atoms with E-state index in [1.165, 1.54) is 10.6 Å². The zero-order chi connectivity index (χ0) is 21.6. The van der Waals surface area contributed by atoms with Gasteiger partial charge in [0, 0.05) is 22.6 Å². The zero-order valence-electron chi connectivity index (χ0n) is 16.7. The number of cyclic esters (lactones) is 1. The first kappa shape index (κ1) is 18.7. The number of halogens is 1. The average molecular weight is 422 g/mol. The molecule has 0 saturated heterocycles. The summed E-state index contributed by atoms with van der Waals surface area (Å²) in [6.45, 7) is 1.76. The lowest BCUT2D eigenvalue weighted by molar-refractivity contribution is -0.157. The molecule has 2 unspecified atom stereocenters. The van der Waals surface area contributed by atoms with Crippen molar-refractivity contribution in [2.75, 3.05) is 0 Å². The van der Waals surface area contributed by atoms with Crippen molar-refractivity contribution < 1.29 is 24.1 Å². The Labute approximate surface area is 175 Å². The largest absolute Gasteiger partial charge is 0.458 e. The average Bonchev–Trinajstić information content (AvgIpc) is 3.00. The molecule has 1 aliphatic carbocycles. The third kappa shape index (κ3) is 2.37. The number of aliphatic hydroxyl groups excluding tert-OH is 2. The monoisotopic (exact) mass is 422 g/mol. The van der Waals surface area contributed by atoms with E-state index >= 15 is 0 Å². The van der Waals surface area contributed by atoms with E-state index in [-0.39, 0.29) is 35.7 Å². The molecule has 0 bridgehead atoms. The number of esters is 1. The van der Waals surface area contributed by atoms with Gasteiger partial charge in [0.15, 0.2) is 6.10 Å². The van der Waals surface area contributed by atoms with Crippen LogP contribution in [0.2, 0.25) is 0 Å². The lowest BCUT2D eigenvalue weighted by Gasteiger charge is -2.21. The Morgan fingerprint density at radius 1 is 1.19 bits per heavy atom. The fraction of sp³-hybridized carbons (Fsp3) is 0.348. The number of fused-ring (bicyclic) bond motifs is 5. The van der Waals surface area contributed by atoms with Crippen LogP contribution < -0.4 is 5.56 Å². The topological polar surface area (TPSA) is 102 Å². The molecule has 158 valence electrons. The molecular weight excluding hydrogens is 403 g/mol. The van der Waals surface area contributed by atoms with Crippen LogP contribution in [0.1, 0.15) is 58.4 Å². The van der Waals surface area contributed by atoms with E-state index in [4.69, 9.17) is 9.72 Å². The predicted octanol–water partition coefficient (Wildman–Crippen LogP) is 2.33. The van der Waals surface area contributed by atoms with Crippen molar-refractivity contribution in [3.05, 3.63) is 61.7 Å². The molecule has 2 aromatic heterocycles. The van der Waals surface area contributed by atoms with Gasteiger partial charge in [0.1, 0.15) is 12.4 Å². The second-order valence-corrected chi connectivity index (χ2v) is 8.48. The molecule has 8 heteroatoms. The molecule has 7 nitrogen and oxygen atoms in total. The normalized spacial score (nSPS) is 21.4. The van der Waals surface area contributed by atoms with Crippen molar-refractivity contribution in [3.63, 3.8) is 0 Å². The molecule has 2 N–H and O–H groups in total. The van der Waals surface area contributed by atoms with Crippen LogP contribution >= 0.6 is 0 Å². The minimum absolute atomic E-state index is 0.194. The number of carbonyl (C=O) groups is 1. The van der Waals surface area contributed by atoms with Gasteiger partial charge in [-0.3, -0.25) is 4.79 Å². The number of hydrogen-bond acceptors (Lipinski definition) is 6. The number of nitrogens with zero attached hydrogens (tertiary/aromatic N) is 2. The number of ether oxygens (including phenoxy) is 1. The van der Waals surface area contributed by atoms with E-state index in [1.807, 2.05) is 0 Å². The van der Waals surface area contributed by atoms with Crippen molar-refractivity contribution in [2.45, 2.75) is 51.5 Å². The Hall–Kier alpha value is -3.10. The van der Waals surface area contributed by atoms with E-state index in [2.05, 4.69) is 0 Å². The van der Waals surface area contributed by atoms with E-state index < -0.39 is 18.2 Å². The van der Waals surface area contributed by atoms with Gasteiger partial charge in [-0.15, -0.1) is 0 Å². The Morgan fingerprint density at radius 3 is 2.81 bits per heavy atom. The Morgan fingerprint density at radius 2 is 2.00 bits per heavy atom. The SMILES string of the molecule is Cc1c(F)cc2nc3c(c4c2c1CCCC4O)Cn1c-3cc2c(c1=O)COC(=O)C2O. The summed E-state index contributed by atoms with van der Waals surface area (Å²) in [6.07, 6.45) is -0.385. The van der Waals surface area contributed by atoms with Crippen molar-refractivity contribution in [3.8, 4) is 11.4 Å². The van der Waals surface area contributed by atoms with Gasteiger partial charge in [-0.25, -0.2) is 14.2 Å². The number of carbonyl (C=O) groups excluding carboxylic acids is 1. The molecule has 2 atom stereocenters. The second kappa shape index (κ2) is 6.21. The minimum atomic E-state index is -1.54. The number of hydrogen-bond donors (Lipinski definition) is 2. The molecule has 0 spiro atoms. The molecule has 0 amide bonds. The molecule has 31 heavy (non-hydrogen) atoms. The van der Waals surface area contributed by atoms with Gasteiger partial charge >= 0.3 is 5.97 Å². The van der Waals surface area contributed by atoms with Crippen LogP contribution in [0.25, 0.3) is 22.3 Å². The van der Waals surface area contributed by atoms with E-state index in [9.17, 15) is 24.2 Å². The maximum Gasteiger partial charge on any atom is 0.340 e. The van der Waals surface area contributed by atoms with Crippen LogP contribution in [-0.2, 0) is 29.1 Å². The summed E-state index contributed by atoms with van der Waals surface area (Å²) >= 11 is 0. The van der Waals surface area contributed by atoms with Crippen molar-refractivity contribution in [2.24, 2.45) is 0 Å². The van der Waals surface area contributed by atoms with Crippen LogP contribution in [0.3, 0.4) is 0 Å². The highest BCUT2D eigenvalue weighted by Crippen LogP contribution is 2.44. The van der Waals surface area contributed by atoms with Crippen LogP contribution in [-0.4, -0.2) is 25.7 Å². The number of aryl methyl sites for hydroxylation is 1. The minimum Gasteiger partial charge on any atom is -0.458 e. The Balaban J connectivity index is 1.70. The molecule has 3 aromatic rings. The van der Waals surface area contributed by atoms with E-state index in [1.54, 1.807) is 13.0 Å². The smallest absolute Gasteiger partial charge is 0.340 e. The van der Waals surface area contributed by atoms with Gasteiger partial charge in [-0.05, 0) is 48.9 Å². The molecule has 3 aliphatic rings. The van der Waals surface area contributed by atoms with Crippen molar-refractivity contribution in [1.29, 1.82) is 0 Å².